The third-order valence-corrected chi connectivity index (χ3v) is 2.55. The molecule has 6 heteroatoms. The quantitative estimate of drug-likeness (QED) is 0.447. The Hall–Kier alpha value is -1.82. The Morgan fingerprint density at radius 1 is 1.42 bits per heavy atom. The molecule has 3 N–H and O–H groups in total. The van der Waals surface area contributed by atoms with Gasteiger partial charge < -0.3 is 15.2 Å². The zero-order valence-electron chi connectivity index (χ0n) is 11.5. The number of methoxy groups -OCH3 is 1. The smallest absolute Gasteiger partial charge is 0.187 e. The van der Waals surface area contributed by atoms with E-state index in [9.17, 15) is 5.11 Å². The maximum atomic E-state index is 9.87. The van der Waals surface area contributed by atoms with Crippen LogP contribution < -0.4 is 15.5 Å². The summed E-state index contributed by atoms with van der Waals surface area (Å²) in [5.41, 5.74) is 3.99. The molecule has 0 fully saturated rings. The molecule has 0 radical (unpaired) electrons. The van der Waals surface area contributed by atoms with E-state index in [0.29, 0.717) is 22.1 Å². The summed E-state index contributed by atoms with van der Waals surface area (Å²) in [6.07, 6.45) is 0. The molecule has 1 aromatic rings. The highest BCUT2D eigenvalue weighted by molar-refractivity contribution is 7.80. The predicted molar refractivity (Wildman–Crippen MR) is 80.9 cm³/mol. The van der Waals surface area contributed by atoms with Gasteiger partial charge >= 0.3 is 0 Å². The predicted octanol–water partition coefficient (Wildman–Crippen LogP) is 2.00. The van der Waals surface area contributed by atoms with Crippen LogP contribution in [0.15, 0.2) is 23.3 Å². The molecule has 0 spiro atoms. The van der Waals surface area contributed by atoms with E-state index in [1.54, 1.807) is 32.2 Å². The first-order valence-corrected chi connectivity index (χ1v) is 6.33. The van der Waals surface area contributed by atoms with Crippen LogP contribution in [0.25, 0.3) is 0 Å². The van der Waals surface area contributed by atoms with Crippen molar-refractivity contribution in [1.29, 1.82) is 0 Å². The number of nitrogens with zero attached hydrogens (tertiary/aromatic N) is 1. The van der Waals surface area contributed by atoms with Crippen molar-refractivity contribution in [1.82, 2.24) is 10.7 Å². The highest BCUT2D eigenvalue weighted by Gasteiger charge is 2.06. The lowest BCUT2D eigenvalue weighted by atomic mass is 10.1. The summed E-state index contributed by atoms with van der Waals surface area (Å²) < 4.78 is 5.03. The Kier molecular flexibility index (Phi) is 5.57. The number of phenols is 1. The van der Waals surface area contributed by atoms with Crippen molar-refractivity contribution in [2.75, 3.05) is 7.11 Å². The van der Waals surface area contributed by atoms with Gasteiger partial charge in [0.05, 0.1) is 12.8 Å². The first-order valence-electron chi connectivity index (χ1n) is 5.92. The second-order valence-electron chi connectivity index (χ2n) is 4.32. The van der Waals surface area contributed by atoms with Gasteiger partial charge in [-0.2, -0.15) is 5.10 Å². The van der Waals surface area contributed by atoms with E-state index in [2.05, 4.69) is 15.8 Å². The van der Waals surface area contributed by atoms with E-state index >= 15 is 0 Å². The number of hydrazone groups is 1. The largest absolute Gasteiger partial charge is 0.507 e. The minimum absolute atomic E-state index is 0.116. The van der Waals surface area contributed by atoms with Gasteiger partial charge in [-0.25, -0.2) is 0 Å². The van der Waals surface area contributed by atoms with E-state index < -0.39 is 0 Å². The lowest BCUT2D eigenvalue weighted by molar-refractivity contribution is 0.407. The molecule has 0 aromatic heterocycles. The first kappa shape index (κ1) is 15.2. The van der Waals surface area contributed by atoms with Crippen molar-refractivity contribution in [2.45, 2.75) is 26.8 Å². The minimum atomic E-state index is 0.116. The van der Waals surface area contributed by atoms with Crippen molar-refractivity contribution in [2.24, 2.45) is 5.10 Å². The summed E-state index contributed by atoms with van der Waals surface area (Å²) >= 11 is 5.06. The molecule has 0 aliphatic heterocycles. The second-order valence-corrected chi connectivity index (χ2v) is 4.73. The molecule has 0 saturated heterocycles. The average Bonchev–Trinajstić information content (AvgIpc) is 2.35. The van der Waals surface area contributed by atoms with Crippen LogP contribution >= 0.6 is 12.2 Å². The van der Waals surface area contributed by atoms with Gasteiger partial charge in [-0.1, -0.05) is 0 Å². The standard InChI is InChI=1S/C13H19N3O2S/c1-8(2)14-13(19)16-15-9(3)11-6-5-10(18-4)7-12(11)17/h5-8,17H,1-4H3,(H2,14,16,19). The molecule has 5 nitrogen and oxygen atoms in total. The van der Waals surface area contributed by atoms with Gasteiger partial charge in [0.2, 0.25) is 0 Å². The molecule has 0 saturated carbocycles. The number of aromatic hydroxyl groups is 1. The molecular weight excluding hydrogens is 262 g/mol. The lowest BCUT2D eigenvalue weighted by Crippen LogP contribution is -2.37. The molecule has 0 heterocycles. The van der Waals surface area contributed by atoms with Gasteiger partial charge in [-0.15, -0.1) is 0 Å². The molecule has 0 bridgehead atoms. The summed E-state index contributed by atoms with van der Waals surface area (Å²) in [4.78, 5) is 0. The van der Waals surface area contributed by atoms with E-state index in [1.807, 2.05) is 13.8 Å². The van der Waals surface area contributed by atoms with Crippen molar-refractivity contribution >= 4 is 23.0 Å². The van der Waals surface area contributed by atoms with Gasteiger partial charge in [0.15, 0.2) is 5.11 Å². The van der Waals surface area contributed by atoms with Crippen LogP contribution in [0.1, 0.15) is 26.3 Å². The van der Waals surface area contributed by atoms with Crippen molar-refractivity contribution in [3.63, 3.8) is 0 Å². The fourth-order valence-corrected chi connectivity index (χ4v) is 1.72. The van der Waals surface area contributed by atoms with Gasteiger partial charge in [0, 0.05) is 17.7 Å². The van der Waals surface area contributed by atoms with E-state index in [-0.39, 0.29) is 11.8 Å². The molecule has 0 aliphatic carbocycles. The van der Waals surface area contributed by atoms with Gasteiger partial charge in [0.1, 0.15) is 11.5 Å². The molecular formula is C13H19N3O2S. The first-order chi connectivity index (χ1) is 8.93. The fraction of sp³-hybridized carbons (Fsp3) is 0.385. The SMILES string of the molecule is COc1ccc(C(C)=NNC(=S)NC(C)C)c(O)c1. The molecule has 104 valence electrons. The number of nitrogens with one attached hydrogen (secondary N) is 2. The van der Waals surface area contributed by atoms with Crippen LogP contribution in [0, 0.1) is 0 Å². The highest BCUT2D eigenvalue weighted by atomic mass is 32.1. The number of benzene rings is 1. The lowest BCUT2D eigenvalue weighted by Gasteiger charge is -2.11. The van der Waals surface area contributed by atoms with E-state index in [1.165, 1.54) is 0 Å². The summed E-state index contributed by atoms with van der Waals surface area (Å²) in [5.74, 6) is 0.712. The normalized spacial score (nSPS) is 11.3. The summed E-state index contributed by atoms with van der Waals surface area (Å²) in [5, 5.41) is 17.5. The van der Waals surface area contributed by atoms with Crippen molar-refractivity contribution in [3.05, 3.63) is 23.8 Å². The molecule has 0 aliphatic rings. The van der Waals surface area contributed by atoms with Crippen molar-refractivity contribution in [3.8, 4) is 11.5 Å². The highest BCUT2D eigenvalue weighted by Crippen LogP contribution is 2.23. The second kappa shape index (κ2) is 6.94. The van der Waals surface area contributed by atoms with Crippen LogP contribution in [0.2, 0.25) is 0 Å². The van der Waals surface area contributed by atoms with Gasteiger partial charge in [-0.3, -0.25) is 5.43 Å². The molecule has 1 aromatic carbocycles. The summed E-state index contributed by atoms with van der Waals surface area (Å²) in [6.45, 7) is 5.76. The Balaban J connectivity index is 2.77. The maximum Gasteiger partial charge on any atom is 0.187 e. The van der Waals surface area contributed by atoms with Crippen LogP contribution in [-0.2, 0) is 0 Å². The Labute approximate surface area is 118 Å². The van der Waals surface area contributed by atoms with E-state index in [0.717, 1.165) is 0 Å². The third-order valence-electron chi connectivity index (χ3n) is 2.34. The Bertz CT molecular complexity index is 487. The number of hydrogen-bond donors (Lipinski definition) is 3. The molecule has 1 rings (SSSR count). The number of phenolic OH excluding ortho intramolecular Hbond substituents is 1. The monoisotopic (exact) mass is 281 g/mol. The van der Waals surface area contributed by atoms with Crippen LogP contribution in [-0.4, -0.2) is 29.1 Å². The van der Waals surface area contributed by atoms with Crippen LogP contribution in [0.3, 0.4) is 0 Å². The fourth-order valence-electron chi connectivity index (χ4n) is 1.43. The van der Waals surface area contributed by atoms with Crippen LogP contribution in [0.4, 0.5) is 0 Å². The zero-order valence-corrected chi connectivity index (χ0v) is 12.3. The number of thiocarbonyl (C=S) groups is 1. The third kappa shape index (κ3) is 4.75. The Morgan fingerprint density at radius 3 is 2.63 bits per heavy atom. The molecule has 0 atom stereocenters. The van der Waals surface area contributed by atoms with Gasteiger partial charge in [-0.05, 0) is 45.1 Å². The molecule has 0 unspecified atom stereocenters. The Morgan fingerprint density at radius 2 is 2.11 bits per heavy atom. The number of rotatable bonds is 4. The van der Waals surface area contributed by atoms with Gasteiger partial charge in [0.25, 0.3) is 0 Å². The number of ether oxygens (including phenoxy) is 1. The summed E-state index contributed by atoms with van der Waals surface area (Å²) in [6, 6.07) is 5.29. The average molecular weight is 281 g/mol. The topological polar surface area (TPSA) is 65.9 Å². The maximum absolute atomic E-state index is 9.87. The van der Waals surface area contributed by atoms with E-state index in [4.69, 9.17) is 17.0 Å². The zero-order chi connectivity index (χ0) is 14.4. The van der Waals surface area contributed by atoms with Crippen LogP contribution in [0.5, 0.6) is 11.5 Å². The summed E-state index contributed by atoms with van der Waals surface area (Å²) in [7, 11) is 1.55. The molecule has 19 heavy (non-hydrogen) atoms. The van der Waals surface area contributed by atoms with Crippen molar-refractivity contribution < 1.29 is 9.84 Å². The minimum Gasteiger partial charge on any atom is -0.507 e. The molecule has 0 amide bonds. The number of hydrogen-bond acceptors (Lipinski definition) is 4.